The predicted octanol–water partition coefficient (Wildman–Crippen LogP) is 2.08. The van der Waals surface area contributed by atoms with E-state index in [1.807, 2.05) is 0 Å². The summed E-state index contributed by atoms with van der Waals surface area (Å²) in [5.41, 5.74) is 0. The van der Waals surface area contributed by atoms with Gasteiger partial charge in [0.1, 0.15) is 12.4 Å². The summed E-state index contributed by atoms with van der Waals surface area (Å²) in [6.45, 7) is 3.41. The maximum absolute atomic E-state index is 8.78. The molecule has 0 aliphatic carbocycles. The molecule has 3 nitrogen and oxygen atoms in total. The maximum atomic E-state index is 8.78. The van der Waals surface area contributed by atoms with E-state index in [0.717, 1.165) is 0 Å². The van der Waals surface area contributed by atoms with Crippen LogP contribution in [0.5, 0.6) is 0 Å². The summed E-state index contributed by atoms with van der Waals surface area (Å²) in [6, 6.07) is 0. The fraction of sp³-hybridized carbons (Fsp3) is 0.700. The van der Waals surface area contributed by atoms with Gasteiger partial charge in [-0.1, -0.05) is 19.8 Å². The van der Waals surface area contributed by atoms with Gasteiger partial charge in [-0.2, -0.15) is 0 Å². The molecule has 84 valence electrons. The zero-order chi connectivity index (χ0) is 11.5. The van der Waals surface area contributed by atoms with Crippen LogP contribution in [-0.2, 0) is 17.4 Å². The van der Waals surface area contributed by atoms with Crippen LogP contribution in [0.15, 0.2) is 18.7 Å². The molecule has 1 heterocycles. The van der Waals surface area contributed by atoms with Crippen LogP contribution in [-0.4, -0.2) is 18.8 Å². The van der Waals surface area contributed by atoms with Gasteiger partial charge in [-0.3, -0.25) is 0 Å². The van der Waals surface area contributed by atoms with Gasteiger partial charge in [-0.05, 0) is 12.8 Å². The Bertz CT molecular complexity index is 266. The molecule has 0 fully saturated rings. The van der Waals surface area contributed by atoms with Gasteiger partial charge in [-0.15, -0.1) is 0 Å². The van der Waals surface area contributed by atoms with Gasteiger partial charge in [-0.25, -0.2) is 9.13 Å². The van der Waals surface area contributed by atoms with E-state index in [4.69, 9.17) is 3.80 Å². The van der Waals surface area contributed by atoms with Crippen molar-refractivity contribution in [3.63, 3.8) is 0 Å². The van der Waals surface area contributed by atoms with Crippen LogP contribution in [0.25, 0.3) is 0 Å². The van der Waals surface area contributed by atoms with E-state index < -0.39 is 14.2 Å². The Hall–Kier alpha value is -0.168. The second kappa shape index (κ2) is 10.4. The number of hydrogen-bond acceptors (Lipinski definition) is 1. The Morgan fingerprint density at radius 1 is 1.40 bits per heavy atom. The number of halogens is 1. The number of hydrogen-bond donors (Lipinski definition) is 0. The average Bonchev–Trinajstić information content (AvgIpc) is 2.60. The van der Waals surface area contributed by atoms with Crippen LogP contribution in [0, 0.1) is 0 Å². The van der Waals surface area contributed by atoms with Crippen molar-refractivity contribution in [2.75, 3.05) is 0 Å². The summed E-state index contributed by atoms with van der Waals surface area (Å²) < 4.78 is 13.1. The van der Waals surface area contributed by atoms with Crippen molar-refractivity contribution >= 4 is 24.3 Å². The second-order valence-corrected chi connectivity index (χ2v) is 4.18. The molecule has 15 heavy (non-hydrogen) atoms. The molecule has 0 atom stereocenters. The van der Waals surface area contributed by atoms with Gasteiger partial charge in [0, 0.05) is 0 Å². The molecule has 0 N–H and O–H groups in total. The molecule has 0 amide bonds. The van der Waals surface area contributed by atoms with Crippen molar-refractivity contribution in [1.29, 1.82) is 0 Å². The molecule has 0 saturated carbocycles. The topological polar surface area (TPSA) is 25.9 Å². The van der Waals surface area contributed by atoms with Crippen LogP contribution in [0.4, 0.5) is 0 Å². The number of aryl methyl sites for hydroxylation is 2. The van der Waals surface area contributed by atoms with Gasteiger partial charge < -0.3 is 0 Å². The van der Waals surface area contributed by atoms with Crippen molar-refractivity contribution in [2.24, 2.45) is 7.05 Å². The predicted molar refractivity (Wildman–Crippen MR) is 62.0 cm³/mol. The first-order chi connectivity index (χ1) is 7.24. The van der Waals surface area contributed by atoms with Crippen molar-refractivity contribution in [3.05, 3.63) is 18.7 Å². The number of nitrogens with zero attached hydrogens (tertiary/aromatic N) is 2. The van der Waals surface area contributed by atoms with E-state index in [9.17, 15) is 0 Å². The first kappa shape index (κ1) is 14.8. The molecule has 0 spiro atoms. The first-order valence-corrected chi connectivity index (χ1v) is 7.51. The second-order valence-electron chi connectivity index (χ2n) is 3.47. The van der Waals surface area contributed by atoms with Gasteiger partial charge in [0.05, 0.1) is 13.6 Å². The molecule has 0 aliphatic heterocycles. The fourth-order valence-electron chi connectivity index (χ4n) is 1.36. The molecule has 0 unspecified atom stereocenters. The van der Waals surface area contributed by atoms with Crippen LogP contribution in [0.3, 0.4) is 0 Å². The zero-order valence-corrected chi connectivity index (χ0v) is 11.4. The Labute approximate surface area is 102 Å². The van der Waals surface area contributed by atoms with E-state index in [2.05, 4.69) is 51.9 Å². The average molecular weight is 246 g/mol. The normalized spacial score (nSPS) is 9.00. The molecule has 0 aliphatic rings. The third kappa shape index (κ3) is 8.80. The van der Waals surface area contributed by atoms with Gasteiger partial charge in [0.25, 0.3) is 0 Å². The zero-order valence-electron chi connectivity index (χ0n) is 9.53. The number of rotatable bonds is 5. The summed E-state index contributed by atoms with van der Waals surface area (Å²) in [5.74, 6) is 0. The van der Waals surface area contributed by atoms with E-state index in [1.54, 1.807) is 0 Å². The Morgan fingerprint density at radius 2 is 2.07 bits per heavy atom. The first-order valence-electron chi connectivity index (χ1n) is 5.29. The molecule has 1 aromatic rings. The van der Waals surface area contributed by atoms with Crippen molar-refractivity contribution < 1.29 is 8.37 Å². The monoisotopic (exact) mass is 245 g/mol. The number of imidazole rings is 1. The van der Waals surface area contributed by atoms with E-state index in [0.29, 0.717) is 0 Å². The van der Waals surface area contributed by atoms with Crippen LogP contribution in [0.2, 0.25) is 0 Å². The van der Waals surface area contributed by atoms with Crippen LogP contribution < -0.4 is 4.57 Å². The summed E-state index contributed by atoms with van der Waals surface area (Å²) in [5, 5.41) is 0. The third-order valence-electron chi connectivity index (χ3n) is 2.09. The molecule has 5 heteroatoms. The molecule has 0 aromatic carbocycles. The Balaban J connectivity index is 0.000000583. The number of aromatic nitrogens is 2. The van der Waals surface area contributed by atoms with E-state index in [-0.39, 0.29) is 0 Å². The minimum absolute atomic E-state index is 1.03. The molecule has 0 bridgehead atoms. The Morgan fingerprint density at radius 3 is 2.53 bits per heavy atom. The quantitative estimate of drug-likeness (QED) is 0.443. The molecular weight excluding hydrogens is 227 g/mol. The summed E-state index contributed by atoms with van der Waals surface area (Å²) in [7, 11) is 6.58. The van der Waals surface area contributed by atoms with Gasteiger partial charge in [0.15, 0.2) is 0 Å². The fourth-order valence-corrected chi connectivity index (χ4v) is 1.36. The third-order valence-corrected chi connectivity index (χ3v) is 2.09. The Kier molecular flexibility index (Phi) is 10.2. The van der Waals surface area contributed by atoms with Crippen molar-refractivity contribution in [2.45, 2.75) is 39.2 Å². The molecule has 0 saturated heterocycles. The van der Waals surface area contributed by atoms with Gasteiger partial charge >= 0.3 is 28.1 Å². The standard InChI is InChI=1S/C10H19N2.Al.ClH.O/c1-3-4-5-6-7-12-9-8-11(2)10-12;;;/h8-10H,3-7H2,1-2H3;;1H;/q2*+1;;/p-1. The summed E-state index contributed by atoms with van der Waals surface area (Å²) >= 11 is -1.03. The number of unbranched alkanes of at least 4 members (excludes halogenated alkanes) is 3. The van der Waals surface area contributed by atoms with Gasteiger partial charge in [0.2, 0.25) is 6.33 Å². The SMILES string of the molecule is CCCCCCn1cc[n+](C)c1.[O]=[Al][Cl]. The molecular formula is C10H19AlClN2O+. The minimum atomic E-state index is -1.03. The van der Waals surface area contributed by atoms with Crippen molar-refractivity contribution in [3.8, 4) is 0 Å². The van der Waals surface area contributed by atoms with Crippen LogP contribution >= 0.6 is 10.0 Å². The van der Waals surface area contributed by atoms with Crippen molar-refractivity contribution in [1.82, 2.24) is 4.57 Å². The molecule has 1 aromatic heterocycles. The van der Waals surface area contributed by atoms with E-state index >= 15 is 0 Å². The summed E-state index contributed by atoms with van der Waals surface area (Å²) in [4.78, 5) is 0. The van der Waals surface area contributed by atoms with Crippen LogP contribution in [0.1, 0.15) is 32.6 Å². The molecule has 1 rings (SSSR count). The van der Waals surface area contributed by atoms with E-state index in [1.165, 1.54) is 32.2 Å². The summed E-state index contributed by atoms with van der Waals surface area (Å²) in [6.07, 6.45) is 11.7. The molecule has 0 radical (unpaired) electrons.